The molecule has 6 nitrogen and oxygen atoms in total. The Morgan fingerprint density at radius 3 is 2.72 bits per heavy atom. The Hall–Kier alpha value is -2.63. The zero-order valence-electron chi connectivity index (χ0n) is 9.75. The van der Waals surface area contributed by atoms with Gasteiger partial charge in [-0.1, -0.05) is 0 Å². The van der Waals surface area contributed by atoms with E-state index in [0.29, 0.717) is 17.7 Å². The molecule has 0 amide bonds. The molecule has 92 valence electrons. The van der Waals surface area contributed by atoms with Crippen molar-refractivity contribution in [2.45, 2.75) is 6.92 Å². The number of anilines is 2. The standard InChI is InChI=1S/C12H12N4O2/c1-7-4-8(2-3-10(7)13)18-12-9(5-17)11(14)15-6-16-12/h2-6H,13H2,1H3,(H2,14,15,16). The maximum atomic E-state index is 10.9. The van der Waals surface area contributed by atoms with E-state index in [-0.39, 0.29) is 17.3 Å². The van der Waals surface area contributed by atoms with Gasteiger partial charge < -0.3 is 16.2 Å². The molecule has 2 aromatic rings. The second-order valence-electron chi connectivity index (χ2n) is 3.72. The van der Waals surface area contributed by atoms with Crippen LogP contribution in [0.25, 0.3) is 0 Å². The number of carbonyl (C=O) groups is 1. The lowest BCUT2D eigenvalue weighted by Gasteiger charge is -2.09. The highest BCUT2D eigenvalue weighted by atomic mass is 16.5. The van der Waals surface area contributed by atoms with E-state index in [1.54, 1.807) is 18.2 Å². The minimum atomic E-state index is 0.0853. The van der Waals surface area contributed by atoms with E-state index < -0.39 is 0 Å². The number of aldehydes is 1. The first-order valence-corrected chi connectivity index (χ1v) is 5.21. The normalized spacial score (nSPS) is 10.1. The lowest BCUT2D eigenvalue weighted by Crippen LogP contribution is -2.02. The number of hydrogen-bond acceptors (Lipinski definition) is 6. The van der Waals surface area contributed by atoms with Gasteiger partial charge in [-0.25, -0.2) is 9.97 Å². The van der Waals surface area contributed by atoms with Crippen LogP contribution in [0.2, 0.25) is 0 Å². The number of ether oxygens (including phenoxy) is 1. The molecule has 0 fully saturated rings. The van der Waals surface area contributed by atoms with Gasteiger partial charge in [-0.3, -0.25) is 4.79 Å². The van der Waals surface area contributed by atoms with Gasteiger partial charge in [-0.2, -0.15) is 0 Å². The second kappa shape index (κ2) is 4.70. The van der Waals surface area contributed by atoms with Gasteiger partial charge in [0.2, 0.25) is 5.88 Å². The van der Waals surface area contributed by atoms with Gasteiger partial charge in [0.15, 0.2) is 6.29 Å². The van der Waals surface area contributed by atoms with Gasteiger partial charge in [0, 0.05) is 5.69 Å². The van der Waals surface area contributed by atoms with Crippen LogP contribution in [0.1, 0.15) is 15.9 Å². The van der Waals surface area contributed by atoms with Crippen molar-refractivity contribution in [2.24, 2.45) is 0 Å². The van der Waals surface area contributed by atoms with Crippen LogP contribution >= 0.6 is 0 Å². The number of nitrogens with zero attached hydrogens (tertiary/aromatic N) is 2. The average Bonchev–Trinajstić information content (AvgIpc) is 2.34. The summed E-state index contributed by atoms with van der Waals surface area (Å²) in [6.45, 7) is 1.86. The molecule has 0 saturated heterocycles. The third kappa shape index (κ3) is 2.22. The number of hydrogen-bond donors (Lipinski definition) is 2. The van der Waals surface area contributed by atoms with E-state index in [4.69, 9.17) is 16.2 Å². The molecule has 0 radical (unpaired) electrons. The minimum Gasteiger partial charge on any atom is -0.438 e. The van der Waals surface area contributed by atoms with Crippen molar-refractivity contribution in [3.05, 3.63) is 35.7 Å². The van der Waals surface area contributed by atoms with E-state index in [9.17, 15) is 4.79 Å². The first-order chi connectivity index (χ1) is 8.61. The van der Waals surface area contributed by atoms with Crippen LogP contribution in [-0.4, -0.2) is 16.3 Å². The highest BCUT2D eigenvalue weighted by Crippen LogP contribution is 2.26. The molecule has 0 saturated carbocycles. The Morgan fingerprint density at radius 2 is 2.06 bits per heavy atom. The fraction of sp³-hybridized carbons (Fsp3) is 0.0833. The molecule has 1 aromatic carbocycles. The maximum absolute atomic E-state index is 10.9. The first-order valence-electron chi connectivity index (χ1n) is 5.21. The van der Waals surface area contributed by atoms with Crippen LogP contribution in [0.4, 0.5) is 11.5 Å². The SMILES string of the molecule is Cc1cc(Oc2ncnc(N)c2C=O)ccc1N. The Kier molecular flexibility index (Phi) is 3.09. The predicted octanol–water partition coefficient (Wildman–Crippen LogP) is 1.55. The smallest absolute Gasteiger partial charge is 0.235 e. The molecule has 0 aliphatic rings. The number of aryl methyl sites for hydroxylation is 1. The summed E-state index contributed by atoms with van der Waals surface area (Å²) < 4.78 is 5.50. The molecule has 1 aromatic heterocycles. The molecular formula is C12H12N4O2. The molecule has 6 heteroatoms. The third-order valence-corrected chi connectivity index (χ3v) is 2.45. The highest BCUT2D eigenvalue weighted by Gasteiger charge is 2.10. The van der Waals surface area contributed by atoms with E-state index in [0.717, 1.165) is 5.56 Å². The Labute approximate surface area is 104 Å². The monoisotopic (exact) mass is 244 g/mol. The Bertz CT molecular complexity index is 599. The minimum absolute atomic E-state index is 0.0853. The number of rotatable bonds is 3. The third-order valence-electron chi connectivity index (χ3n) is 2.45. The van der Waals surface area contributed by atoms with Crippen molar-refractivity contribution < 1.29 is 9.53 Å². The van der Waals surface area contributed by atoms with Crippen LogP contribution < -0.4 is 16.2 Å². The lowest BCUT2D eigenvalue weighted by atomic mass is 10.2. The van der Waals surface area contributed by atoms with Crippen molar-refractivity contribution in [2.75, 3.05) is 11.5 Å². The van der Waals surface area contributed by atoms with Crippen molar-refractivity contribution in [3.63, 3.8) is 0 Å². The van der Waals surface area contributed by atoms with E-state index in [2.05, 4.69) is 9.97 Å². The number of benzene rings is 1. The van der Waals surface area contributed by atoms with Gasteiger partial charge in [0.25, 0.3) is 0 Å². The molecule has 0 aliphatic heterocycles. The molecule has 4 N–H and O–H groups in total. The van der Waals surface area contributed by atoms with Crippen molar-refractivity contribution in [1.29, 1.82) is 0 Å². The number of aromatic nitrogens is 2. The van der Waals surface area contributed by atoms with Crippen molar-refractivity contribution >= 4 is 17.8 Å². The predicted molar refractivity (Wildman–Crippen MR) is 67.5 cm³/mol. The Morgan fingerprint density at radius 1 is 1.28 bits per heavy atom. The molecule has 0 aliphatic carbocycles. The van der Waals surface area contributed by atoms with E-state index >= 15 is 0 Å². The summed E-state index contributed by atoms with van der Waals surface area (Å²) in [6, 6.07) is 5.16. The number of nitrogens with two attached hydrogens (primary N) is 2. The summed E-state index contributed by atoms with van der Waals surface area (Å²) in [7, 11) is 0. The van der Waals surface area contributed by atoms with E-state index in [1.165, 1.54) is 6.33 Å². The zero-order chi connectivity index (χ0) is 13.1. The van der Waals surface area contributed by atoms with Crippen LogP contribution in [0, 0.1) is 6.92 Å². The van der Waals surface area contributed by atoms with Gasteiger partial charge in [-0.05, 0) is 30.7 Å². The molecule has 1 heterocycles. The molecule has 0 spiro atoms. The summed E-state index contributed by atoms with van der Waals surface area (Å²) in [6.07, 6.45) is 1.80. The summed E-state index contributed by atoms with van der Waals surface area (Å²) in [5.41, 5.74) is 12.9. The highest BCUT2D eigenvalue weighted by molar-refractivity contribution is 5.84. The van der Waals surface area contributed by atoms with Crippen LogP contribution in [0.5, 0.6) is 11.6 Å². The van der Waals surface area contributed by atoms with Crippen LogP contribution in [0.3, 0.4) is 0 Å². The van der Waals surface area contributed by atoms with Gasteiger partial charge >= 0.3 is 0 Å². The van der Waals surface area contributed by atoms with Gasteiger partial charge in [-0.15, -0.1) is 0 Å². The molecular weight excluding hydrogens is 232 g/mol. The molecule has 0 unspecified atom stereocenters. The summed E-state index contributed by atoms with van der Waals surface area (Å²) in [4.78, 5) is 18.5. The van der Waals surface area contributed by atoms with Gasteiger partial charge in [0.05, 0.1) is 0 Å². The fourth-order valence-corrected chi connectivity index (χ4v) is 1.41. The number of nitrogen functional groups attached to an aromatic ring is 2. The van der Waals surface area contributed by atoms with Crippen LogP contribution in [0.15, 0.2) is 24.5 Å². The van der Waals surface area contributed by atoms with Crippen molar-refractivity contribution in [3.8, 4) is 11.6 Å². The Balaban J connectivity index is 2.36. The zero-order valence-corrected chi connectivity index (χ0v) is 9.75. The summed E-state index contributed by atoms with van der Waals surface area (Å²) in [5, 5.41) is 0. The average molecular weight is 244 g/mol. The summed E-state index contributed by atoms with van der Waals surface area (Å²) >= 11 is 0. The topological polar surface area (TPSA) is 104 Å². The van der Waals surface area contributed by atoms with E-state index in [1.807, 2.05) is 6.92 Å². The quantitative estimate of drug-likeness (QED) is 0.627. The largest absolute Gasteiger partial charge is 0.438 e. The maximum Gasteiger partial charge on any atom is 0.235 e. The first kappa shape index (κ1) is 11.8. The molecule has 18 heavy (non-hydrogen) atoms. The fourth-order valence-electron chi connectivity index (χ4n) is 1.41. The second-order valence-corrected chi connectivity index (χ2v) is 3.72. The molecule has 0 bridgehead atoms. The van der Waals surface area contributed by atoms with Crippen molar-refractivity contribution in [1.82, 2.24) is 9.97 Å². The summed E-state index contributed by atoms with van der Waals surface area (Å²) in [5.74, 6) is 0.742. The van der Waals surface area contributed by atoms with Gasteiger partial charge in [0.1, 0.15) is 23.5 Å². The lowest BCUT2D eigenvalue weighted by molar-refractivity contribution is 0.112. The molecule has 0 atom stereocenters. The molecule has 2 rings (SSSR count). The van der Waals surface area contributed by atoms with Crippen LogP contribution in [-0.2, 0) is 0 Å². The number of carbonyl (C=O) groups excluding carboxylic acids is 1.